The van der Waals surface area contributed by atoms with Gasteiger partial charge in [0, 0.05) is 45.7 Å². The van der Waals surface area contributed by atoms with E-state index < -0.39 is 0 Å². The molecule has 1 aliphatic rings. The summed E-state index contributed by atoms with van der Waals surface area (Å²) in [7, 11) is 0. The molecule has 0 radical (unpaired) electrons. The average molecular weight is 528 g/mol. The van der Waals surface area contributed by atoms with Crippen LogP contribution in [0.4, 0.5) is 0 Å². The van der Waals surface area contributed by atoms with Gasteiger partial charge in [0.05, 0.1) is 6.61 Å². The summed E-state index contributed by atoms with van der Waals surface area (Å²) in [6, 6.07) is 0.204. The average Bonchev–Trinajstić information content (AvgIpc) is 3.18. The Morgan fingerprint density at radius 2 is 1.20 bits per heavy atom. The zero-order valence-electron chi connectivity index (χ0n) is 17.2. The first kappa shape index (κ1) is 57.0. The minimum Gasteiger partial charge on any atom is 0 e. The van der Waals surface area contributed by atoms with Gasteiger partial charge in [-0.2, -0.15) is 5.06 Å². The number of carbonyl (C=O) groups excluding carboxylic acids is 1. The van der Waals surface area contributed by atoms with Crippen LogP contribution < -0.4 is 0 Å². The van der Waals surface area contributed by atoms with E-state index >= 15 is 0 Å². The Morgan fingerprint density at radius 3 is 1.30 bits per heavy atom. The molecule has 0 bridgehead atoms. The van der Waals surface area contributed by atoms with Crippen molar-refractivity contribution in [3.8, 4) is 0 Å². The SMILES string of the molecule is CCC[SH2+].C[C@@H]1[C@@H]([C-]=[OH+])CON1C(C)(C)C.[C-]#[O+].[C-]#[O+].[C-]#[O+].[C-]#[O+].[C-]#[O+].[C-]#[O+].[Fe].[Fe]. The second-order valence-electron chi connectivity index (χ2n) is 5.02. The van der Waals surface area contributed by atoms with Crippen LogP contribution in [0.5, 0.6) is 0 Å². The van der Waals surface area contributed by atoms with E-state index in [1.165, 1.54) is 6.42 Å². The van der Waals surface area contributed by atoms with Crippen molar-refractivity contribution in [2.45, 2.75) is 52.6 Å². The molecule has 12 heteroatoms. The molecule has 0 spiro atoms. The first-order valence-corrected chi connectivity index (χ1v) is 7.78. The van der Waals surface area contributed by atoms with Crippen LogP contribution in [0.25, 0.3) is 0 Å². The summed E-state index contributed by atoms with van der Waals surface area (Å²) in [5.74, 6) is 1.14. The topological polar surface area (TPSA) is 153 Å². The van der Waals surface area contributed by atoms with Crippen molar-refractivity contribution in [2.24, 2.45) is 5.92 Å². The van der Waals surface area contributed by atoms with Crippen LogP contribution in [0.3, 0.4) is 0 Å². The van der Waals surface area contributed by atoms with Gasteiger partial charge in [0.2, 0.25) is 0 Å². The maximum absolute atomic E-state index is 8.76. The number of hydroxylamine groups is 2. The van der Waals surface area contributed by atoms with Crippen molar-refractivity contribution < 1.29 is 71.7 Å². The summed E-state index contributed by atoms with van der Waals surface area (Å²) in [6.07, 6.45) is 3.48. The van der Waals surface area contributed by atoms with Crippen LogP contribution in [-0.4, -0.2) is 40.1 Å². The van der Waals surface area contributed by atoms with Crippen LogP contribution in [0, 0.1) is 45.8 Å². The molecular weight excluding hydrogens is 502 g/mol. The number of hydrogen-bond acceptors (Lipinski definition) is 2. The van der Waals surface area contributed by atoms with E-state index in [2.05, 4.69) is 86.5 Å². The molecule has 1 rings (SSSR count). The second kappa shape index (κ2) is 56.7. The Balaban J connectivity index is -0.0000000299. The summed E-state index contributed by atoms with van der Waals surface area (Å²) in [5, 5.41) is 1.92. The van der Waals surface area contributed by atoms with Crippen molar-refractivity contribution in [1.29, 1.82) is 0 Å². The normalized spacial score (nSPS) is 14.3. The standard InChI is InChI=1S/C9H17NO2.C3H8S.6CO.2Fe/c1-7-8(5-11)6-12-10(7)9(2,3)4;1-2-3-4;6*1-2;;/h7-8,11H,6H2,1-4H3;4H,2-3H2,1H3;;;;;;;;/p+1/t7-,8+;;;;;;;;;/m1........./s1. The van der Waals surface area contributed by atoms with Crippen molar-refractivity contribution in [2.75, 3.05) is 12.4 Å². The Hall–Kier alpha value is -0.581. The molecule has 0 amide bonds. The van der Waals surface area contributed by atoms with Crippen molar-refractivity contribution >= 4 is 18.9 Å². The fourth-order valence-corrected chi connectivity index (χ4v) is 1.53. The van der Waals surface area contributed by atoms with E-state index in [-0.39, 0.29) is 51.6 Å². The van der Waals surface area contributed by atoms with E-state index in [4.69, 9.17) is 37.5 Å². The van der Waals surface area contributed by atoms with Gasteiger partial charge in [-0.3, -0.25) is 0 Å². The van der Waals surface area contributed by atoms with Crippen molar-refractivity contribution in [3.63, 3.8) is 0 Å². The van der Waals surface area contributed by atoms with Gasteiger partial charge in [-0.25, -0.2) is 0 Å². The molecule has 1 aliphatic heterocycles. The van der Waals surface area contributed by atoms with Crippen molar-refractivity contribution in [3.05, 3.63) is 39.9 Å². The molecule has 1 fully saturated rings. The molecule has 0 aromatic heterocycles. The van der Waals surface area contributed by atoms with Crippen LogP contribution in [-0.2, 0) is 79.5 Å². The van der Waals surface area contributed by atoms with Gasteiger partial charge in [0.15, 0.2) is 0 Å². The molecule has 0 aliphatic carbocycles. The fraction of sp³-hybridized carbons (Fsp3) is 0.611. The van der Waals surface area contributed by atoms with Gasteiger partial charge in [0.1, 0.15) is 5.75 Å². The van der Waals surface area contributed by atoms with Crippen LogP contribution >= 0.6 is 0 Å². The Kier molecular flexibility index (Phi) is 108. The van der Waals surface area contributed by atoms with Gasteiger partial charge in [0.25, 0.3) is 0 Å². The zero-order valence-corrected chi connectivity index (χ0v) is 20.4. The molecule has 1 N–H and O–H groups in total. The minimum atomic E-state index is -0.00891. The summed E-state index contributed by atoms with van der Waals surface area (Å²) < 4.78 is 45.0. The third kappa shape index (κ3) is 41.7. The van der Waals surface area contributed by atoms with Gasteiger partial charge in [-0.05, 0) is 58.9 Å². The van der Waals surface area contributed by atoms with E-state index in [0.29, 0.717) is 6.61 Å². The van der Waals surface area contributed by atoms with E-state index in [1.54, 1.807) is 0 Å². The molecular formula is C18H26Fe2NO8S+. The van der Waals surface area contributed by atoms with Crippen molar-refractivity contribution in [1.82, 2.24) is 5.06 Å². The zero-order chi connectivity index (χ0) is 24.8. The summed E-state index contributed by atoms with van der Waals surface area (Å²) in [5.41, 5.74) is -0.00891. The molecule has 0 aromatic carbocycles. The molecule has 0 saturated carbocycles. The number of rotatable bonds is 2. The van der Waals surface area contributed by atoms with E-state index in [9.17, 15) is 0 Å². The molecule has 0 aromatic rings. The minimum absolute atomic E-state index is 0. The van der Waals surface area contributed by atoms with Gasteiger partial charge in [-0.15, -0.1) is 0 Å². The Morgan fingerprint density at radius 1 is 0.933 bits per heavy atom. The number of hydrogen-bond donors (Lipinski definition) is 0. The molecule has 1 heterocycles. The summed E-state index contributed by atoms with van der Waals surface area (Å²) in [6.45, 7) is 38.0. The van der Waals surface area contributed by atoms with E-state index in [1.807, 2.05) is 12.0 Å². The largest absolute Gasteiger partial charge is 0 e. The van der Waals surface area contributed by atoms with E-state index in [0.717, 1.165) is 5.75 Å². The molecule has 2 atom stereocenters. The van der Waals surface area contributed by atoms with Gasteiger partial charge in [-0.1, -0.05) is 6.92 Å². The fourth-order valence-electron chi connectivity index (χ4n) is 1.53. The smallest absolute Gasteiger partial charge is 0 e. The maximum atomic E-state index is 8.76. The third-order valence-corrected chi connectivity index (χ3v) is 2.92. The Labute approximate surface area is 206 Å². The van der Waals surface area contributed by atoms with Crippen LogP contribution in [0.15, 0.2) is 0 Å². The predicted molar refractivity (Wildman–Crippen MR) is 96.3 cm³/mol. The Bertz CT molecular complexity index is 383. The second-order valence-corrected chi connectivity index (χ2v) is 5.52. The van der Waals surface area contributed by atoms with Gasteiger partial charge >= 0.3 is 67.8 Å². The first-order chi connectivity index (χ1) is 13.4. The molecule has 1 saturated heterocycles. The van der Waals surface area contributed by atoms with Gasteiger partial charge < -0.3 is 9.63 Å². The predicted octanol–water partition coefficient (Wildman–Crippen LogP) is 1.27. The van der Waals surface area contributed by atoms with Crippen LogP contribution in [0.1, 0.15) is 41.0 Å². The molecule has 0 unspecified atom stereocenters. The maximum Gasteiger partial charge on any atom is 0 e. The quantitative estimate of drug-likeness (QED) is 0.301. The molecule has 30 heavy (non-hydrogen) atoms. The number of nitrogens with zero attached hydrogens (tertiary/aromatic N) is 1. The summed E-state index contributed by atoms with van der Waals surface area (Å²) >= 11 is 3.29. The molecule has 9 nitrogen and oxygen atoms in total. The van der Waals surface area contributed by atoms with Crippen LogP contribution in [0.2, 0.25) is 0 Å². The third-order valence-electron chi connectivity index (χ3n) is 2.42. The molecule has 172 valence electrons. The first-order valence-electron chi connectivity index (χ1n) is 7.07. The monoisotopic (exact) mass is 528 g/mol. The summed E-state index contributed by atoms with van der Waals surface area (Å²) in [4.78, 5) is 14.2.